The molecule has 1 aromatic carbocycles. The van der Waals surface area contributed by atoms with Gasteiger partial charge >= 0.3 is 5.97 Å². The number of carboxylic acid groups (broad SMARTS) is 1. The summed E-state index contributed by atoms with van der Waals surface area (Å²) in [4.78, 5) is 13.1. The van der Waals surface area contributed by atoms with Gasteiger partial charge in [-0.05, 0) is 43.7 Å². The van der Waals surface area contributed by atoms with Crippen LogP contribution in [0, 0.1) is 5.92 Å². The molecule has 1 N–H and O–H groups in total. The van der Waals surface area contributed by atoms with Crippen molar-refractivity contribution < 1.29 is 14.3 Å². The van der Waals surface area contributed by atoms with E-state index >= 15 is 0 Å². The molecule has 1 aromatic heterocycles. The normalized spacial score (nSPS) is 19.2. The average Bonchev–Trinajstić information content (AvgIpc) is 2.96. The fourth-order valence-corrected chi connectivity index (χ4v) is 2.74. The van der Waals surface area contributed by atoms with Crippen LogP contribution in [-0.4, -0.2) is 39.3 Å². The summed E-state index contributed by atoms with van der Waals surface area (Å²) >= 11 is 5.85. The molecule has 22 heavy (non-hydrogen) atoms. The molecule has 2 heterocycles. The van der Waals surface area contributed by atoms with Crippen LogP contribution in [0.15, 0.2) is 28.7 Å². The summed E-state index contributed by atoms with van der Waals surface area (Å²) in [5.41, 5.74) is 0.810. The van der Waals surface area contributed by atoms with Crippen molar-refractivity contribution in [2.24, 2.45) is 5.92 Å². The summed E-state index contributed by atoms with van der Waals surface area (Å²) in [5.74, 6) is -0.112. The highest BCUT2D eigenvalue weighted by Gasteiger charge is 2.26. The number of carbonyl (C=O) groups is 1. The predicted molar refractivity (Wildman–Crippen MR) is 80.4 cm³/mol. The predicted octanol–water partition coefficient (Wildman–Crippen LogP) is 2.69. The van der Waals surface area contributed by atoms with Crippen molar-refractivity contribution in [2.45, 2.75) is 19.4 Å². The topological polar surface area (TPSA) is 79.5 Å². The fourth-order valence-electron chi connectivity index (χ4n) is 2.62. The molecule has 116 valence electrons. The number of aliphatic carboxylic acids is 1. The number of carboxylic acids is 1. The number of hydrogen-bond acceptors (Lipinski definition) is 5. The Morgan fingerprint density at radius 1 is 1.36 bits per heavy atom. The molecule has 0 amide bonds. The Morgan fingerprint density at radius 3 is 2.86 bits per heavy atom. The highest BCUT2D eigenvalue weighted by atomic mass is 35.5. The first-order valence-electron chi connectivity index (χ1n) is 7.15. The van der Waals surface area contributed by atoms with Crippen LogP contribution in [0.1, 0.15) is 18.7 Å². The lowest BCUT2D eigenvalue weighted by atomic mass is 9.98. The summed E-state index contributed by atoms with van der Waals surface area (Å²) in [7, 11) is 0. The molecule has 0 aliphatic carbocycles. The number of likely N-dealkylation sites (tertiary alicyclic amines) is 1. The third-order valence-corrected chi connectivity index (χ3v) is 4.02. The van der Waals surface area contributed by atoms with E-state index in [1.54, 1.807) is 12.1 Å². The molecule has 0 spiro atoms. The molecular weight excluding hydrogens is 306 g/mol. The molecular formula is C15H16ClN3O3. The summed E-state index contributed by atoms with van der Waals surface area (Å²) in [6.07, 6.45) is 1.60. The molecule has 1 fully saturated rings. The van der Waals surface area contributed by atoms with Crippen LogP contribution in [0.25, 0.3) is 11.5 Å². The summed E-state index contributed by atoms with van der Waals surface area (Å²) < 4.78 is 5.65. The minimum Gasteiger partial charge on any atom is -0.481 e. The minimum atomic E-state index is -0.739. The van der Waals surface area contributed by atoms with E-state index < -0.39 is 5.97 Å². The Bertz CT molecular complexity index is 656. The van der Waals surface area contributed by atoms with E-state index in [4.69, 9.17) is 21.1 Å². The average molecular weight is 322 g/mol. The van der Waals surface area contributed by atoms with Gasteiger partial charge in [-0.1, -0.05) is 11.6 Å². The molecule has 0 radical (unpaired) electrons. The zero-order valence-electron chi connectivity index (χ0n) is 11.9. The Balaban J connectivity index is 1.66. The van der Waals surface area contributed by atoms with Gasteiger partial charge in [-0.2, -0.15) is 0 Å². The molecule has 6 nitrogen and oxygen atoms in total. The van der Waals surface area contributed by atoms with Crippen molar-refractivity contribution >= 4 is 17.6 Å². The summed E-state index contributed by atoms with van der Waals surface area (Å²) in [6, 6.07) is 7.17. The molecule has 3 rings (SSSR count). The number of nitrogens with zero attached hydrogens (tertiary/aromatic N) is 3. The highest BCUT2D eigenvalue weighted by molar-refractivity contribution is 6.30. The van der Waals surface area contributed by atoms with E-state index in [-0.39, 0.29) is 5.92 Å². The van der Waals surface area contributed by atoms with Crippen molar-refractivity contribution in [1.82, 2.24) is 15.1 Å². The Labute approximate surface area is 132 Å². The van der Waals surface area contributed by atoms with E-state index in [0.29, 0.717) is 29.9 Å². The molecule has 0 saturated carbocycles. The van der Waals surface area contributed by atoms with Crippen LogP contribution in [0.2, 0.25) is 5.02 Å². The zero-order valence-corrected chi connectivity index (χ0v) is 12.7. The van der Waals surface area contributed by atoms with E-state index in [9.17, 15) is 4.79 Å². The number of hydrogen-bond donors (Lipinski definition) is 1. The lowest BCUT2D eigenvalue weighted by molar-refractivity contribution is -0.143. The maximum Gasteiger partial charge on any atom is 0.307 e. The van der Waals surface area contributed by atoms with Crippen molar-refractivity contribution in [3.05, 3.63) is 35.2 Å². The fraction of sp³-hybridized carbons (Fsp3) is 0.400. The molecule has 1 atom stereocenters. The van der Waals surface area contributed by atoms with E-state index in [1.807, 2.05) is 17.0 Å². The van der Waals surface area contributed by atoms with Crippen molar-refractivity contribution in [3.63, 3.8) is 0 Å². The van der Waals surface area contributed by atoms with Gasteiger partial charge in [0.15, 0.2) is 0 Å². The van der Waals surface area contributed by atoms with Gasteiger partial charge in [0.1, 0.15) is 0 Å². The second-order valence-corrected chi connectivity index (χ2v) is 5.86. The summed E-state index contributed by atoms with van der Waals surface area (Å²) in [6.45, 7) is 1.85. The quantitative estimate of drug-likeness (QED) is 0.932. The van der Waals surface area contributed by atoms with Gasteiger partial charge in [0.2, 0.25) is 11.8 Å². The van der Waals surface area contributed by atoms with Crippen LogP contribution in [0.4, 0.5) is 0 Å². The van der Waals surface area contributed by atoms with Gasteiger partial charge in [-0.3, -0.25) is 9.69 Å². The maximum absolute atomic E-state index is 11.1. The standard InChI is InChI=1S/C15H16ClN3O3/c16-12-5-3-10(4-6-12)14-18-17-13(22-14)9-19-7-1-2-11(8-19)15(20)21/h3-6,11H,1-2,7-9H2,(H,20,21). The van der Waals surface area contributed by atoms with E-state index in [2.05, 4.69) is 10.2 Å². The van der Waals surface area contributed by atoms with Crippen molar-refractivity contribution in [2.75, 3.05) is 13.1 Å². The molecule has 1 aliphatic heterocycles. The van der Waals surface area contributed by atoms with Crippen LogP contribution in [0.3, 0.4) is 0 Å². The number of halogens is 1. The van der Waals surface area contributed by atoms with Crippen molar-refractivity contribution in [1.29, 1.82) is 0 Å². The largest absolute Gasteiger partial charge is 0.481 e. The Hall–Kier alpha value is -1.92. The third kappa shape index (κ3) is 3.45. The molecule has 1 saturated heterocycles. The molecule has 1 unspecified atom stereocenters. The second kappa shape index (κ2) is 6.46. The molecule has 1 aliphatic rings. The first-order chi connectivity index (χ1) is 10.6. The number of benzene rings is 1. The lowest BCUT2D eigenvalue weighted by Gasteiger charge is -2.29. The smallest absolute Gasteiger partial charge is 0.307 e. The van der Waals surface area contributed by atoms with Gasteiger partial charge in [-0.25, -0.2) is 0 Å². The van der Waals surface area contributed by atoms with Crippen molar-refractivity contribution in [3.8, 4) is 11.5 Å². The maximum atomic E-state index is 11.1. The first kappa shape index (κ1) is 15.0. The SMILES string of the molecule is O=C(O)C1CCCN(Cc2nnc(-c3ccc(Cl)cc3)o2)C1. The third-order valence-electron chi connectivity index (χ3n) is 3.77. The molecule has 2 aromatic rings. The highest BCUT2D eigenvalue weighted by Crippen LogP contribution is 2.22. The number of aromatic nitrogens is 2. The van der Waals surface area contributed by atoms with Crippen LogP contribution >= 0.6 is 11.6 Å². The van der Waals surface area contributed by atoms with Crippen LogP contribution < -0.4 is 0 Å². The number of piperidine rings is 1. The summed E-state index contributed by atoms with van der Waals surface area (Å²) in [5, 5.41) is 17.8. The molecule has 7 heteroatoms. The van der Waals surface area contributed by atoms with Gasteiger partial charge in [0.05, 0.1) is 12.5 Å². The van der Waals surface area contributed by atoms with Gasteiger partial charge in [-0.15, -0.1) is 10.2 Å². The van der Waals surface area contributed by atoms with Gasteiger partial charge in [0, 0.05) is 17.1 Å². The van der Waals surface area contributed by atoms with E-state index in [0.717, 1.165) is 24.9 Å². The second-order valence-electron chi connectivity index (χ2n) is 5.42. The zero-order chi connectivity index (χ0) is 15.5. The monoisotopic (exact) mass is 321 g/mol. The lowest BCUT2D eigenvalue weighted by Crippen LogP contribution is -2.38. The molecule has 0 bridgehead atoms. The number of rotatable bonds is 4. The van der Waals surface area contributed by atoms with Crippen LogP contribution in [-0.2, 0) is 11.3 Å². The minimum absolute atomic E-state index is 0.313. The van der Waals surface area contributed by atoms with Gasteiger partial charge in [0.25, 0.3) is 0 Å². The Morgan fingerprint density at radius 2 is 2.14 bits per heavy atom. The Kier molecular flexibility index (Phi) is 4.40. The van der Waals surface area contributed by atoms with E-state index in [1.165, 1.54) is 0 Å². The van der Waals surface area contributed by atoms with Crippen LogP contribution in [0.5, 0.6) is 0 Å². The van der Waals surface area contributed by atoms with Gasteiger partial charge < -0.3 is 9.52 Å². The first-order valence-corrected chi connectivity index (χ1v) is 7.53.